The van der Waals surface area contributed by atoms with E-state index >= 15 is 0 Å². The molecule has 0 spiro atoms. The van der Waals surface area contributed by atoms with Gasteiger partial charge in [-0.2, -0.15) is 0 Å². The normalized spacial score (nSPS) is 29.2. The molecule has 1 saturated carbocycles. The molecule has 3 heteroatoms. The Balaban J connectivity index is 1.83. The summed E-state index contributed by atoms with van der Waals surface area (Å²) in [6, 6.07) is 0.723. The predicted molar refractivity (Wildman–Crippen MR) is 72.9 cm³/mol. The standard InChI is InChI=1S/C13H23BrN2/c1-11(14)9-16-8-7-15-13(10-16)12-5-3-2-4-6-12/h12-13,15H,1-10H2. The number of rotatable bonds is 3. The van der Waals surface area contributed by atoms with E-state index in [-0.39, 0.29) is 0 Å². The first-order valence-corrected chi connectivity index (χ1v) is 7.34. The van der Waals surface area contributed by atoms with Gasteiger partial charge >= 0.3 is 0 Å². The Morgan fingerprint density at radius 2 is 2.06 bits per heavy atom. The van der Waals surface area contributed by atoms with E-state index in [1.54, 1.807) is 0 Å². The van der Waals surface area contributed by atoms with Gasteiger partial charge in [-0.15, -0.1) is 0 Å². The number of hydrogen-bond acceptors (Lipinski definition) is 2. The van der Waals surface area contributed by atoms with Crippen LogP contribution < -0.4 is 5.32 Å². The quantitative estimate of drug-likeness (QED) is 0.858. The molecule has 1 aliphatic heterocycles. The minimum atomic E-state index is 0.723. The van der Waals surface area contributed by atoms with Crippen molar-refractivity contribution in [3.8, 4) is 0 Å². The number of nitrogens with one attached hydrogen (secondary N) is 1. The van der Waals surface area contributed by atoms with E-state index in [0.29, 0.717) is 0 Å². The minimum Gasteiger partial charge on any atom is -0.311 e. The zero-order valence-electron chi connectivity index (χ0n) is 10.1. The molecule has 0 aromatic heterocycles. The van der Waals surface area contributed by atoms with Crippen molar-refractivity contribution in [2.75, 3.05) is 26.2 Å². The average molecular weight is 287 g/mol. The van der Waals surface area contributed by atoms with Gasteiger partial charge in [0.2, 0.25) is 0 Å². The van der Waals surface area contributed by atoms with Crippen LogP contribution in [0, 0.1) is 5.92 Å². The molecule has 2 rings (SSSR count). The highest BCUT2D eigenvalue weighted by molar-refractivity contribution is 9.11. The summed E-state index contributed by atoms with van der Waals surface area (Å²) in [7, 11) is 0. The average Bonchev–Trinajstić information content (AvgIpc) is 2.30. The molecule has 0 aromatic rings. The van der Waals surface area contributed by atoms with Crippen LogP contribution in [0.2, 0.25) is 0 Å². The number of hydrogen-bond donors (Lipinski definition) is 1. The summed E-state index contributed by atoms with van der Waals surface area (Å²) in [6.45, 7) is 8.45. The second-order valence-corrected chi connectivity index (χ2v) is 6.33. The molecular formula is C13H23BrN2. The van der Waals surface area contributed by atoms with Crippen molar-refractivity contribution in [3.63, 3.8) is 0 Å². The van der Waals surface area contributed by atoms with Gasteiger partial charge in [-0.05, 0) is 18.8 Å². The molecule has 0 bridgehead atoms. The molecule has 0 aromatic carbocycles. The summed E-state index contributed by atoms with van der Waals surface area (Å²) < 4.78 is 1.11. The summed E-state index contributed by atoms with van der Waals surface area (Å²) in [5.74, 6) is 0.917. The molecule has 1 saturated heterocycles. The molecule has 92 valence electrons. The lowest BCUT2D eigenvalue weighted by molar-refractivity contribution is 0.156. The molecular weight excluding hydrogens is 264 g/mol. The second kappa shape index (κ2) is 6.18. The van der Waals surface area contributed by atoms with Crippen molar-refractivity contribution in [2.45, 2.75) is 38.1 Å². The van der Waals surface area contributed by atoms with Gasteiger partial charge in [0, 0.05) is 36.7 Å². The van der Waals surface area contributed by atoms with Crippen LogP contribution in [0.4, 0.5) is 0 Å². The van der Waals surface area contributed by atoms with E-state index in [0.717, 1.165) is 36.1 Å². The number of nitrogens with zero attached hydrogens (tertiary/aromatic N) is 1. The first-order valence-electron chi connectivity index (χ1n) is 6.55. The van der Waals surface area contributed by atoms with Gasteiger partial charge in [0.15, 0.2) is 0 Å². The van der Waals surface area contributed by atoms with Crippen LogP contribution in [-0.4, -0.2) is 37.1 Å². The third-order valence-corrected chi connectivity index (χ3v) is 4.15. The fraction of sp³-hybridized carbons (Fsp3) is 0.846. The molecule has 0 amide bonds. The van der Waals surface area contributed by atoms with Crippen LogP contribution in [0.1, 0.15) is 32.1 Å². The highest BCUT2D eigenvalue weighted by Crippen LogP contribution is 2.27. The van der Waals surface area contributed by atoms with Crippen LogP contribution >= 0.6 is 15.9 Å². The van der Waals surface area contributed by atoms with Crippen molar-refractivity contribution in [1.29, 1.82) is 0 Å². The van der Waals surface area contributed by atoms with E-state index in [1.807, 2.05) is 0 Å². The highest BCUT2D eigenvalue weighted by Gasteiger charge is 2.27. The van der Waals surface area contributed by atoms with Crippen molar-refractivity contribution in [1.82, 2.24) is 10.2 Å². The fourth-order valence-electron chi connectivity index (χ4n) is 3.08. The van der Waals surface area contributed by atoms with Gasteiger partial charge in [-0.1, -0.05) is 41.8 Å². The fourth-order valence-corrected chi connectivity index (χ4v) is 3.44. The van der Waals surface area contributed by atoms with Crippen molar-refractivity contribution in [3.05, 3.63) is 11.1 Å². The summed E-state index contributed by atoms with van der Waals surface area (Å²) in [6.07, 6.45) is 7.19. The zero-order chi connectivity index (χ0) is 11.4. The lowest BCUT2D eigenvalue weighted by atomic mass is 9.83. The number of piperazine rings is 1. The van der Waals surface area contributed by atoms with Crippen molar-refractivity contribution >= 4 is 15.9 Å². The lowest BCUT2D eigenvalue weighted by Gasteiger charge is -2.39. The maximum atomic E-state index is 3.94. The van der Waals surface area contributed by atoms with E-state index in [4.69, 9.17) is 0 Å². The summed E-state index contributed by atoms with van der Waals surface area (Å²) in [4.78, 5) is 2.52. The topological polar surface area (TPSA) is 15.3 Å². The smallest absolute Gasteiger partial charge is 0.0295 e. The molecule has 1 N–H and O–H groups in total. The molecule has 2 nitrogen and oxygen atoms in total. The Morgan fingerprint density at radius 3 is 2.75 bits per heavy atom. The molecule has 1 atom stereocenters. The summed E-state index contributed by atoms with van der Waals surface area (Å²) >= 11 is 3.47. The largest absolute Gasteiger partial charge is 0.311 e. The van der Waals surface area contributed by atoms with E-state index < -0.39 is 0 Å². The van der Waals surface area contributed by atoms with Gasteiger partial charge in [-0.25, -0.2) is 0 Å². The monoisotopic (exact) mass is 286 g/mol. The third kappa shape index (κ3) is 3.57. The summed E-state index contributed by atoms with van der Waals surface area (Å²) in [5, 5.41) is 3.71. The van der Waals surface area contributed by atoms with Crippen LogP contribution in [0.3, 0.4) is 0 Å². The molecule has 2 aliphatic rings. The van der Waals surface area contributed by atoms with Crippen LogP contribution in [0.15, 0.2) is 11.1 Å². The Bertz CT molecular complexity index is 236. The maximum Gasteiger partial charge on any atom is 0.0295 e. The first-order chi connectivity index (χ1) is 7.75. The maximum absolute atomic E-state index is 3.94. The van der Waals surface area contributed by atoms with Gasteiger partial charge in [0.1, 0.15) is 0 Å². The van der Waals surface area contributed by atoms with Gasteiger partial charge in [0.25, 0.3) is 0 Å². The molecule has 0 radical (unpaired) electrons. The van der Waals surface area contributed by atoms with Crippen molar-refractivity contribution in [2.24, 2.45) is 5.92 Å². The van der Waals surface area contributed by atoms with Crippen LogP contribution in [0.25, 0.3) is 0 Å². The van der Waals surface area contributed by atoms with Crippen LogP contribution in [-0.2, 0) is 0 Å². The lowest BCUT2D eigenvalue weighted by Crippen LogP contribution is -2.54. The second-order valence-electron chi connectivity index (χ2n) is 5.21. The van der Waals surface area contributed by atoms with Crippen LogP contribution in [0.5, 0.6) is 0 Å². The molecule has 1 unspecified atom stereocenters. The Labute approximate surface area is 108 Å². The van der Waals surface area contributed by atoms with Gasteiger partial charge in [0.05, 0.1) is 0 Å². The van der Waals surface area contributed by atoms with E-state index in [1.165, 1.54) is 38.6 Å². The zero-order valence-corrected chi connectivity index (χ0v) is 11.6. The number of halogens is 1. The Hall–Kier alpha value is 0.140. The molecule has 1 heterocycles. The SMILES string of the molecule is C=C(Br)CN1CCNC(C2CCCCC2)C1. The predicted octanol–water partition coefficient (Wildman–Crippen LogP) is 2.75. The molecule has 16 heavy (non-hydrogen) atoms. The van der Waals surface area contributed by atoms with Gasteiger partial charge < -0.3 is 5.32 Å². The Morgan fingerprint density at radius 1 is 1.31 bits per heavy atom. The van der Waals surface area contributed by atoms with Gasteiger partial charge in [-0.3, -0.25) is 4.90 Å². The summed E-state index contributed by atoms with van der Waals surface area (Å²) in [5.41, 5.74) is 0. The van der Waals surface area contributed by atoms with E-state index in [2.05, 4.69) is 32.7 Å². The van der Waals surface area contributed by atoms with E-state index in [9.17, 15) is 0 Å². The first kappa shape index (κ1) is 12.6. The van der Waals surface area contributed by atoms with Crippen molar-refractivity contribution < 1.29 is 0 Å². The molecule has 1 aliphatic carbocycles. The minimum absolute atomic E-state index is 0.723. The third-order valence-electron chi connectivity index (χ3n) is 3.90. The highest BCUT2D eigenvalue weighted by atomic mass is 79.9. The Kier molecular flexibility index (Phi) is 4.86. The molecule has 2 fully saturated rings.